The van der Waals surface area contributed by atoms with E-state index in [-0.39, 0.29) is 0 Å². The third-order valence-electron chi connectivity index (χ3n) is 2.90. The maximum absolute atomic E-state index is 6.22. The van der Waals surface area contributed by atoms with Crippen molar-refractivity contribution in [2.24, 2.45) is 0 Å². The van der Waals surface area contributed by atoms with E-state index < -0.39 is 0 Å². The van der Waals surface area contributed by atoms with Crippen LogP contribution in [-0.2, 0) is 6.42 Å². The summed E-state index contributed by atoms with van der Waals surface area (Å²) in [5.74, 6) is 1.76. The number of halogens is 1. The lowest BCUT2D eigenvalue weighted by atomic mass is 10.3. The highest BCUT2D eigenvalue weighted by Gasteiger charge is 2.12. The Kier molecular flexibility index (Phi) is 5.26. The number of rotatable bonds is 5. The van der Waals surface area contributed by atoms with Crippen LogP contribution in [0, 0.1) is 6.92 Å². The fourth-order valence-corrected chi connectivity index (χ4v) is 3.02. The van der Waals surface area contributed by atoms with Crippen molar-refractivity contribution in [1.82, 2.24) is 9.97 Å². The summed E-state index contributed by atoms with van der Waals surface area (Å²) < 4.78 is 0. The second kappa shape index (κ2) is 6.95. The van der Waals surface area contributed by atoms with Crippen molar-refractivity contribution in [2.75, 3.05) is 12.4 Å². The van der Waals surface area contributed by atoms with Gasteiger partial charge in [0.1, 0.15) is 16.7 Å². The lowest BCUT2D eigenvalue weighted by Crippen LogP contribution is -2.04. The van der Waals surface area contributed by atoms with Crippen LogP contribution in [0.4, 0.5) is 5.82 Å². The molecule has 1 heterocycles. The van der Waals surface area contributed by atoms with Crippen molar-refractivity contribution in [3.63, 3.8) is 0 Å². The van der Waals surface area contributed by atoms with E-state index in [4.69, 9.17) is 11.6 Å². The predicted octanol–water partition coefficient (Wildman–Crippen LogP) is 4.58. The topological polar surface area (TPSA) is 37.8 Å². The molecule has 1 aromatic carbocycles. The van der Waals surface area contributed by atoms with Crippen LogP contribution in [0.25, 0.3) is 0 Å². The second-order valence-corrected chi connectivity index (χ2v) is 5.89. The molecule has 3 nitrogen and oxygen atoms in total. The van der Waals surface area contributed by atoms with E-state index in [1.54, 1.807) is 11.8 Å². The molecule has 0 radical (unpaired) electrons. The number of anilines is 1. The number of hydrogen-bond donors (Lipinski definition) is 1. The Hall–Kier alpha value is -1.26. The molecule has 0 aliphatic carbocycles. The van der Waals surface area contributed by atoms with Gasteiger partial charge >= 0.3 is 0 Å². The average Bonchev–Trinajstić information content (AvgIpc) is 2.45. The lowest BCUT2D eigenvalue weighted by molar-refractivity contribution is 0.804. The highest BCUT2D eigenvalue weighted by Crippen LogP contribution is 2.35. The van der Waals surface area contributed by atoms with Crippen molar-refractivity contribution < 1.29 is 0 Å². The fourth-order valence-electron chi connectivity index (χ4n) is 1.85. The normalized spacial score (nSPS) is 10.6. The van der Waals surface area contributed by atoms with Gasteiger partial charge < -0.3 is 5.32 Å². The van der Waals surface area contributed by atoms with E-state index in [2.05, 4.69) is 22.2 Å². The van der Waals surface area contributed by atoms with Crippen LogP contribution in [0.3, 0.4) is 0 Å². The SMILES string of the molecule is CCCc1nc(NC)c(C)c(Sc2ccccc2Cl)n1. The second-order valence-electron chi connectivity index (χ2n) is 4.45. The van der Waals surface area contributed by atoms with Crippen molar-refractivity contribution >= 4 is 29.2 Å². The minimum Gasteiger partial charge on any atom is -0.373 e. The van der Waals surface area contributed by atoms with E-state index in [1.165, 1.54) is 0 Å². The Morgan fingerprint density at radius 2 is 2.00 bits per heavy atom. The molecule has 0 aliphatic rings. The number of nitrogens with zero attached hydrogens (tertiary/aromatic N) is 2. The van der Waals surface area contributed by atoms with Gasteiger partial charge in [-0.3, -0.25) is 0 Å². The molecule has 5 heteroatoms. The number of aryl methyl sites for hydroxylation is 1. The Labute approximate surface area is 129 Å². The summed E-state index contributed by atoms with van der Waals surface area (Å²) in [4.78, 5) is 10.2. The van der Waals surface area contributed by atoms with E-state index >= 15 is 0 Å². The molecule has 2 rings (SSSR count). The van der Waals surface area contributed by atoms with Crippen molar-refractivity contribution in [3.05, 3.63) is 40.7 Å². The monoisotopic (exact) mass is 307 g/mol. The van der Waals surface area contributed by atoms with Crippen LogP contribution in [0.15, 0.2) is 34.2 Å². The maximum atomic E-state index is 6.22. The average molecular weight is 308 g/mol. The Bertz CT molecular complexity index is 602. The minimum absolute atomic E-state index is 0.749. The van der Waals surface area contributed by atoms with Gasteiger partial charge in [0.25, 0.3) is 0 Å². The van der Waals surface area contributed by atoms with Crippen LogP contribution in [0.5, 0.6) is 0 Å². The van der Waals surface area contributed by atoms with E-state index in [9.17, 15) is 0 Å². The molecule has 0 amide bonds. The first-order valence-electron chi connectivity index (χ1n) is 6.63. The molecule has 0 unspecified atom stereocenters. The van der Waals surface area contributed by atoms with Crippen LogP contribution in [0.2, 0.25) is 5.02 Å². The number of nitrogens with one attached hydrogen (secondary N) is 1. The van der Waals surface area contributed by atoms with Gasteiger partial charge in [0.05, 0.1) is 5.02 Å². The van der Waals surface area contributed by atoms with Crippen LogP contribution >= 0.6 is 23.4 Å². The molecule has 1 aromatic heterocycles. The van der Waals surface area contributed by atoms with Crippen LogP contribution < -0.4 is 5.32 Å². The quantitative estimate of drug-likeness (QED) is 0.820. The molecular formula is C15H18ClN3S. The molecule has 0 saturated heterocycles. The van der Waals surface area contributed by atoms with Gasteiger partial charge in [-0.15, -0.1) is 0 Å². The van der Waals surface area contributed by atoms with Crippen LogP contribution in [-0.4, -0.2) is 17.0 Å². The Balaban J connectivity index is 2.39. The largest absolute Gasteiger partial charge is 0.373 e. The summed E-state index contributed by atoms with van der Waals surface area (Å²) in [6, 6.07) is 7.82. The zero-order valence-corrected chi connectivity index (χ0v) is 13.5. The molecule has 20 heavy (non-hydrogen) atoms. The summed E-state index contributed by atoms with van der Waals surface area (Å²) in [5.41, 5.74) is 1.05. The lowest BCUT2D eigenvalue weighted by Gasteiger charge is -2.12. The zero-order valence-electron chi connectivity index (χ0n) is 11.9. The molecular weight excluding hydrogens is 290 g/mol. The minimum atomic E-state index is 0.749. The summed E-state index contributed by atoms with van der Waals surface area (Å²) >= 11 is 7.81. The number of aromatic nitrogens is 2. The number of hydrogen-bond acceptors (Lipinski definition) is 4. The molecule has 0 saturated carbocycles. The van der Waals surface area contributed by atoms with Gasteiger partial charge in [-0.1, -0.05) is 42.4 Å². The first-order valence-corrected chi connectivity index (χ1v) is 7.82. The third kappa shape index (κ3) is 3.44. The smallest absolute Gasteiger partial charge is 0.133 e. The van der Waals surface area contributed by atoms with E-state index in [0.717, 1.165) is 45.0 Å². The third-order valence-corrected chi connectivity index (χ3v) is 4.51. The van der Waals surface area contributed by atoms with Gasteiger partial charge in [0.15, 0.2) is 0 Å². The highest BCUT2D eigenvalue weighted by atomic mass is 35.5. The van der Waals surface area contributed by atoms with Crippen LogP contribution in [0.1, 0.15) is 24.7 Å². The molecule has 0 bridgehead atoms. The Morgan fingerprint density at radius 3 is 2.65 bits per heavy atom. The zero-order chi connectivity index (χ0) is 14.5. The fraction of sp³-hybridized carbons (Fsp3) is 0.333. The van der Waals surface area contributed by atoms with Crippen molar-refractivity contribution in [3.8, 4) is 0 Å². The van der Waals surface area contributed by atoms with Gasteiger partial charge in [-0.2, -0.15) is 0 Å². The van der Waals surface area contributed by atoms with Gasteiger partial charge in [0.2, 0.25) is 0 Å². The highest BCUT2D eigenvalue weighted by molar-refractivity contribution is 7.99. The molecule has 106 valence electrons. The first kappa shape index (κ1) is 15.1. The van der Waals surface area contributed by atoms with Gasteiger partial charge in [-0.25, -0.2) is 9.97 Å². The molecule has 1 N–H and O–H groups in total. The molecule has 2 aromatic rings. The van der Waals surface area contributed by atoms with E-state index in [0.29, 0.717) is 0 Å². The molecule has 0 spiro atoms. The van der Waals surface area contributed by atoms with Gasteiger partial charge in [0, 0.05) is 23.9 Å². The molecule has 0 fully saturated rings. The predicted molar refractivity (Wildman–Crippen MR) is 85.9 cm³/mol. The number of benzene rings is 1. The molecule has 0 atom stereocenters. The van der Waals surface area contributed by atoms with Crippen molar-refractivity contribution in [1.29, 1.82) is 0 Å². The Morgan fingerprint density at radius 1 is 1.25 bits per heavy atom. The first-order chi connectivity index (χ1) is 9.65. The van der Waals surface area contributed by atoms with Crippen molar-refractivity contribution in [2.45, 2.75) is 36.6 Å². The summed E-state index contributed by atoms with van der Waals surface area (Å²) in [6.45, 7) is 4.16. The van der Waals surface area contributed by atoms with E-state index in [1.807, 2.05) is 38.2 Å². The standard InChI is InChI=1S/C15H18ClN3S/c1-4-7-13-18-14(17-3)10(2)15(19-13)20-12-9-6-5-8-11(12)16/h5-6,8-9H,4,7H2,1-3H3,(H,17,18,19). The maximum Gasteiger partial charge on any atom is 0.133 e. The summed E-state index contributed by atoms with van der Waals surface area (Å²) in [5, 5.41) is 4.85. The van der Waals surface area contributed by atoms with Gasteiger partial charge in [-0.05, 0) is 25.5 Å². The molecule has 0 aliphatic heterocycles. The summed E-state index contributed by atoms with van der Waals surface area (Å²) in [7, 11) is 1.88. The summed E-state index contributed by atoms with van der Waals surface area (Å²) in [6.07, 6.45) is 1.91.